The molecule has 2 aromatic carbocycles. The van der Waals surface area contributed by atoms with Crippen LogP contribution in [-0.2, 0) is 22.9 Å². The van der Waals surface area contributed by atoms with Gasteiger partial charge in [0.15, 0.2) is 11.0 Å². The van der Waals surface area contributed by atoms with Gasteiger partial charge in [0.2, 0.25) is 5.91 Å². The van der Waals surface area contributed by atoms with E-state index in [0.717, 1.165) is 29.5 Å². The topological polar surface area (TPSA) is 59.8 Å². The molecule has 10 heteroatoms. The zero-order chi connectivity index (χ0) is 25.1. The molecule has 3 aromatic rings. The van der Waals surface area contributed by atoms with Crippen LogP contribution in [0.2, 0.25) is 5.02 Å². The lowest BCUT2D eigenvalue weighted by atomic mass is 9.87. The molecule has 0 atom stereocenters. The fourth-order valence-corrected chi connectivity index (χ4v) is 4.14. The van der Waals surface area contributed by atoms with E-state index in [0.29, 0.717) is 17.5 Å². The Labute approximate surface area is 205 Å². The van der Waals surface area contributed by atoms with Crippen molar-refractivity contribution in [3.63, 3.8) is 0 Å². The molecule has 0 aliphatic rings. The first-order valence-corrected chi connectivity index (χ1v) is 11.7. The summed E-state index contributed by atoms with van der Waals surface area (Å²) in [5.41, 5.74) is 1.08. The van der Waals surface area contributed by atoms with Crippen molar-refractivity contribution in [1.82, 2.24) is 14.8 Å². The molecular weight excluding hydrogens is 485 g/mol. The number of alkyl halides is 3. The number of benzene rings is 2. The second-order valence-corrected chi connectivity index (χ2v) is 9.91. The van der Waals surface area contributed by atoms with E-state index in [1.54, 1.807) is 6.08 Å². The number of thioether (sulfide) groups is 1. The van der Waals surface area contributed by atoms with Gasteiger partial charge in [-0.2, -0.15) is 13.2 Å². The molecule has 1 heterocycles. The lowest BCUT2D eigenvalue weighted by Gasteiger charge is -2.19. The molecule has 1 amide bonds. The maximum atomic E-state index is 13.0. The summed E-state index contributed by atoms with van der Waals surface area (Å²) >= 11 is 6.76. The summed E-state index contributed by atoms with van der Waals surface area (Å²) < 4.78 is 41.0. The van der Waals surface area contributed by atoms with Crippen molar-refractivity contribution < 1.29 is 18.0 Å². The predicted octanol–water partition coefficient (Wildman–Crippen LogP) is 6.83. The minimum absolute atomic E-state index is 0.00881. The Morgan fingerprint density at radius 3 is 2.41 bits per heavy atom. The van der Waals surface area contributed by atoms with Crippen LogP contribution in [0.15, 0.2) is 60.3 Å². The van der Waals surface area contributed by atoms with Crippen LogP contribution in [0.1, 0.15) is 31.9 Å². The van der Waals surface area contributed by atoms with E-state index in [2.05, 4.69) is 42.9 Å². The van der Waals surface area contributed by atoms with Gasteiger partial charge in [0.1, 0.15) is 0 Å². The Morgan fingerprint density at radius 1 is 1.15 bits per heavy atom. The van der Waals surface area contributed by atoms with Gasteiger partial charge in [0.25, 0.3) is 0 Å². The third-order valence-corrected chi connectivity index (χ3v) is 6.22. The number of rotatable bonds is 7. The highest BCUT2D eigenvalue weighted by Crippen LogP contribution is 2.36. The normalized spacial score (nSPS) is 12.0. The van der Waals surface area contributed by atoms with Gasteiger partial charge in [0, 0.05) is 17.8 Å². The molecule has 34 heavy (non-hydrogen) atoms. The molecule has 0 bridgehead atoms. The van der Waals surface area contributed by atoms with Crippen LogP contribution >= 0.6 is 23.4 Å². The molecule has 1 N–H and O–H groups in total. The van der Waals surface area contributed by atoms with Gasteiger partial charge in [-0.3, -0.25) is 9.36 Å². The highest BCUT2D eigenvalue weighted by molar-refractivity contribution is 7.99. The average molecular weight is 509 g/mol. The molecule has 0 aliphatic carbocycles. The number of anilines is 1. The maximum absolute atomic E-state index is 13.0. The third kappa shape index (κ3) is 6.21. The van der Waals surface area contributed by atoms with Crippen molar-refractivity contribution in [2.45, 2.75) is 44.1 Å². The van der Waals surface area contributed by atoms with Crippen molar-refractivity contribution in [2.24, 2.45) is 0 Å². The standard InChI is InChI=1S/C24H24ClF3N4OS/c1-5-12-32-21(15-6-8-16(9-7-15)23(2,3)4)30-31-22(32)34-14-20(33)29-17-10-11-19(25)18(13-17)24(26,27)28/h5-11,13H,1,12,14H2,2-4H3,(H,29,33). The number of carbonyl (C=O) groups is 1. The summed E-state index contributed by atoms with van der Waals surface area (Å²) in [5, 5.41) is 11.0. The first-order chi connectivity index (χ1) is 15.9. The van der Waals surface area contributed by atoms with Crippen molar-refractivity contribution in [3.05, 3.63) is 71.3 Å². The fraction of sp³-hybridized carbons (Fsp3) is 0.292. The lowest BCUT2D eigenvalue weighted by Crippen LogP contribution is -2.16. The number of hydrogen-bond donors (Lipinski definition) is 1. The molecule has 1 aromatic heterocycles. The first-order valence-electron chi connectivity index (χ1n) is 10.3. The summed E-state index contributed by atoms with van der Waals surface area (Å²) in [6, 6.07) is 11.3. The van der Waals surface area contributed by atoms with Gasteiger partial charge in [-0.05, 0) is 29.2 Å². The molecule has 0 saturated heterocycles. The fourth-order valence-electron chi connectivity index (χ4n) is 3.17. The Morgan fingerprint density at radius 2 is 1.82 bits per heavy atom. The number of amides is 1. The van der Waals surface area contributed by atoms with Crippen LogP contribution in [0.4, 0.5) is 18.9 Å². The number of allylic oxidation sites excluding steroid dienone is 1. The van der Waals surface area contributed by atoms with Crippen LogP contribution in [0.25, 0.3) is 11.4 Å². The number of aromatic nitrogens is 3. The molecule has 0 spiro atoms. The quantitative estimate of drug-likeness (QED) is 0.280. The number of nitrogens with one attached hydrogen (secondary N) is 1. The molecule has 0 saturated carbocycles. The highest BCUT2D eigenvalue weighted by atomic mass is 35.5. The first kappa shape index (κ1) is 25.8. The Hall–Kier alpha value is -2.78. The number of hydrogen-bond acceptors (Lipinski definition) is 4. The van der Waals surface area contributed by atoms with Gasteiger partial charge in [-0.15, -0.1) is 16.8 Å². The summed E-state index contributed by atoms with van der Waals surface area (Å²) in [6.07, 6.45) is -2.91. The van der Waals surface area contributed by atoms with E-state index in [-0.39, 0.29) is 16.9 Å². The van der Waals surface area contributed by atoms with E-state index in [4.69, 9.17) is 11.6 Å². The second kappa shape index (κ2) is 10.2. The van der Waals surface area contributed by atoms with Crippen molar-refractivity contribution >= 4 is 35.0 Å². The number of carbonyl (C=O) groups excluding carboxylic acids is 1. The molecule has 180 valence electrons. The minimum Gasteiger partial charge on any atom is -0.325 e. The van der Waals surface area contributed by atoms with Crippen LogP contribution < -0.4 is 5.32 Å². The van der Waals surface area contributed by atoms with E-state index in [1.807, 2.05) is 28.8 Å². The van der Waals surface area contributed by atoms with Crippen LogP contribution in [0, 0.1) is 0 Å². The summed E-state index contributed by atoms with van der Waals surface area (Å²) in [7, 11) is 0. The second-order valence-electron chi connectivity index (χ2n) is 8.56. The van der Waals surface area contributed by atoms with Gasteiger partial charge < -0.3 is 5.32 Å². The zero-order valence-electron chi connectivity index (χ0n) is 18.9. The minimum atomic E-state index is -4.62. The monoisotopic (exact) mass is 508 g/mol. The molecular formula is C24H24ClF3N4OS. The smallest absolute Gasteiger partial charge is 0.325 e. The molecule has 3 rings (SSSR count). The van der Waals surface area contributed by atoms with Gasteiger partial charge in [-0.25, -0.2) is 0 Å². The van der Waals surface area contributed by atoms with Crippen molar-refractivity contribution in [1.29, 1.82) is 0 Å². The number of halogens is 4. The molecule has 0 unspecified atom stereocenters. The largest absolute Gasteiger partial charge is 0.417 e. The van der Waals surface area contributed by atoms with E-state index in [1.165, 1.54) is 11.6 Å². The highest BCUT2D eigenvalue weighted by Gasteiger charge is 2.33. The van der Waals surface area contributed by atoms with E-state index in [9.17, 15) is 18.0 Å². The zero-order valence-corrected chi connectivity index (χ0v) is 20.5. The molecule has 0 radical (unpaired) electrons. The van der Waals surface area contributed by atoms with Crippen molar-refractivity contribution in [2.75, 3.05) is 11.1 Å². The summed E-state index contributed by atoms with van der Waals surface area (Å²) in [5.74, 6) is 0.0860. The van der Waals surface area contributed by atoms with E-state index >= 15 is 0 Å². The SMILES string of the molecule is C=CCn1c(SCC(=O)Nc2ccc(Cl)c(C(F)(F)F)c2)nnc1-c1ccc(C(C)(C)C)cc1. The Kier molecular flexibility index (Phi) is 7.77. The summed E-state index contributed by atoms with van der Waals surface area (Å²) in [4.78, 5) is 12.4. The van der Waals surface area contributed by atoms with Gasteiger partial charge >= 0.3 is 6.18 Å². The lowest BCUT2D eigenvalue weighted by molar-refractivity contribution is -0.137. The molecule has 5 nitrogen and oxygen atoms in total. The summed E-state index contributed by atoms with van der Waals surface area (Å²) in [6.45, 7) is 10.6. The average Bonchev–Trinajstić information content (AvgIpc) is 3.15. The van der Waals surface area contributed by atoms with Crippen LogP contribution in [0.3, 0.4) is 0 Å². The maximum Gasteiger partial charge on any atom is 0.417 e. The van der Waals surface area contributed by atoms with Crippen molar-refractivity contribution in [3.8, 4) is 11.4 Å². The predicted molar refractivity (Wildman–Crippen MR) is 130 cm³/mol. The molecule has 0 fully saturated rings. The van der Waals surface area contributed by atoms with Gasteiger partial charge in [-0.1, -0.05) is 74.5 Å². The van der Waals surface area contributed by atoms with Crippen LogP contribution in [-0.4, -0.2) is 26.4 Å². The Bertz CT molecular complexity index is 1180. The van der Waals surface area contributed by atoms with Crippen LogP contribution in [0.5, 0.6) is 0 Å². The van der Waals surface area contributed by atoms with E-state index < -0.39 is 22.7 Å². The molecule has 0 aliphatic heterocycles. The number of nitrogens with zero attached hydrogens (tertiary/aromatic N) is 3. The third-order valence-electron chi connectivity index (χ3n) is 4.93. The Balaban J connectivity index is 1.73. The van der Waals surface area contributed by atoms with Gasteiger partial charge in [0.05, 0.1) is 16.3 Å².